The van der Waals surface area contributed by atoms with E-state index in [0.29, 0.717) is 17.1 Å². The van der Waals surface area contributed by atoms with Crippen LogP contribution in [0.4, 0.5) is 4.39 Å². The summed E-state index contributed by atoms with van der Waals surface area (Å²) in [5.74, 6) is 0.250. The van der Waals surface area contributed by atoms with Gasteiger partial charge in [0.2, 0.25) is 6.79 Å². The Balaban J connectivity index is 1.69. The molecule has 2 aromatic carbocycles. The Morgan fingerprint density at radius 2 is 2.05 bits per heavy atom. The fraction of sp³-hybridized carbons (Fsp3) is 0.0667. The van der Waals surface area contributed by atoms with Gasteiger partial charge in [0.05, 0.1) is 6.21 Å². The summed E-state index contributed by atoms with van der Waals surface area (Å²) in [4.78, 5) is 12.0. The van der Waals surface area contributed by atoms with Gasteiger partial charge < -0.3 is 9.47 Å². The molecule has 0 aromatic heterocycles. The average Bonchev–Trinajstić information content (AvgIpc) is 2.98. The molecular formula is C15H10BrFN2O3. The molecule has 1 aliphatic heterocycles. The van der Waals surface area contributed by atoms with Gasteiger partial charge in [0, 0.05) is 15.6 Å². The van der Waals surface area contributed by atoms with Crippen molar-refractivity contribution in [2.45, 2.75) is 0 Å². The van der Waals surface area contributed by atoms with Gasteiger partial charge in [-0.05, 0) is 36.4 Å². The molecule has 0 saturated carbocycles. The summed E-state index contributed by atoms with van der Waals surface area (Å²) in [6.45, 7) is 0.140. The maximum absolute atomic E-state index is 13.5. The second kappa shape index (κ2) is 6.15. The number of hydrogen-bond donors (Lipinski definition) is 1. The molecular weight excluding hydrogens is 355 g/mol. The van der Waals surface area contributed by atoms with Crippen molar-refractivity contribution in [2.24, 2.45) is 5.10 Å². The zero-order chi connectivity index (χ0) is 15.5. The number of hydrogen-bond acceptors (Lipinski definition) is 4. The fourth-order valence-electron chi connectivity index (χ4n) is 1.88. The highest BCUT2D eigenvalue weighted by molar-refractivity contribution is 9.10. The van der Waals surface area contributed by atoms with Gasteiger partial charge in [-0.15, -0.1) is 0 Å². The largest absolute Gasteiger partial charge is 0.454 e. The van der Waals surface area contributed by atoms with Crippen LogP contribution in [-0.4, -0.2) is 18.9 Å². The van der Waals surface area contributed by atoms with Crippen molar-refractivity contribution in [3.8, 4) is 11.5 Å². The van der Waals surface area contributed by atoms with Gasteiger partial charge in [0.15, 0.2) is 11.5 Å². The van der Waals surface area contributed by atoms with Crippen LogP contribution in [0.15, 0.2) is 46.0 Å². The maximum Gasteiger partial charge on any atom is 0.271 e. The third kappa shape index (κ3) is 3.09. The molecule has 0 aliphatic carbocycles. The SMILES string of the molecule is O=C(N/N=C\c1cc(Br)ccc1F)c1ccc2c(c1)OCO2. The number of halogens is 2. The molecule has 0 fully saturated rings. The number of carbonyl (C=O) groups is 1. The number of hydrazone groups is 1. The molecule has 0 bridgehead atoms. The van der Waals surface area contributed by atoms with Crippen LogP contribution in [0.5, 0.6) is 11.5 Å². The maximum atomic E-state index is 13.5. The molecule has 2 aromatic rings. The molecule has 1 amide bonds. The van der Waals surface area contributed by atoms with Gasteiger partial charge in [-0.3, -0.25) is 4.79 Å². The Morgan fingerprint density at radius 1 is 1.23 bits per heavy atom. The van der Waals surface area contributed by atoms with E-state index in [9.17, 15) is 9.18 Å². The Hall–Kier alpha value is -2.41. The average molecular weight is 365 g/mol. The molecule has 1 aliphatic rings. The van der Waals surface area contributed by atoms with E-state index in [1.54, 1.807) is 30.3 Å². The predicted molar refractivity (Wildman–Crippen MR) is 81.7 cm³/mol. The van der Waals surface area contributed by atoms with Gasteiger partial charge >= 0.3 is 0 Å². The Morgan fingerprint density at radius 3 is 2.91 bits per heavy atom. The normalized spacial score (nSPS) is 12.6. The quantitative estimate of drug-likeness (QED) is 0.672. The van der Waals surface area contributed by atoms with E-state index in [0.717, 1.165) is 4.47 Å². The standard InChI is InChI=1S/C15H10BrFN2O3/c16-11-2-3-12(17)10(5-11)7-18-19-15(20)9-1-4-13-14(6-9)22-8-21-13/h1-7H,8H2,(H,19,20)/b18-7-. The van der Waals surface area contributed by atoms with E-state index in [-0.39, 0.29) is 12.4 Å². The van der Waals surface area contributed by atoms with Crippen molar-refractivity contribution in [2.75, 3.05) is 6.79 Å². The van der Waals surface area contributed by atoms with Crippen LogP contribution >= 0.6 is 15.9 Å². The van der Waals surface area contributed by atoms with E-state index >= 15 is 0 Å². The molecule has 0 spiro atoms. The minimum Gasteiger partial charge on any atom is -0.454 e. The number of nitrogens with zero attached hydrogens (tertiary/aromatic N) is 1. The van der Waals surface area contributed by atoms with Crippen molar-refractivity contribution >= 4 is 28.1 Å². The summed E-state index contributed by atoms with van der Waals surface area (Å²) in [6.07, 6.45) is 1.24. The minimum absolute atomic E-state index is 0.140. The molecule has 1 N–H and O–H groups in total. The molecule has 112 valence electrons. The molecule has 3 rings (SSSR count). The molecule has 5 nitrogen and oxygen atoms in total. The Labute approximate surface area is 133 Å². The predicted octanol–water partition coefficient (Wildman–Crippen LogP) is 3.08. The number of carbonyl (C=O) groups excluding carboxylic acids is 1. The molecule has 0 atom stereocenters. The summed E-state index contributed by atoms with van der Waals surface area (Å²) in [5.41, 5.74) is 2.97. The second-order valence-corrected chi connectivity index (χ2v) is 5.35. The van der Waals surface area contributed by atoms with Crippen molar-refractivity contribution in [1.29, 1.82) is 0 Å². The summed E-state index contributed by atoms with van der Waals surface area (Å²) >= 11 is 3.24. The topological polar surface area (TPSA) is 59.9 Å². The first-order valence-corrected chi connectivity index (χ1v) is 7.11. The summed E-state index contributed by atoms with van der Waals surface area (Å²) in [7, 11) is 0. The minimum atomic E-state index is -0.427. The molecule has 1 heterocycles. The number of nitrogens with one attached hydrogen (secondary N) is 1. The molecule has 0 saturated heterocycles. The highest BCUT2D eigenvalue weighted by Gasteiger charge is 2.15. The zero-order valence-electron chi connectivity index (χ0n) is 11.2. The number of rotatable bonds is 3. The smallest absolute Gasteiger partial charge is 0.271 e. The van der Waals surface area contributed by atoms with Crippen molar-refractivity contribution in [1.82, 2.24) is 5.43 Å². The van der Waals surface area contributed by atoms with E-state index in [2.05, 4.69) is 26.5 Å². The van der Waals surface area contributed by atoms with E-state index in [1.165, 1.54) is 12.3 Å². The highest BCUT2D eigenvalue weighted by atomic mass is 79.9. The number of benzene rings is 2. The number of ether oxygens (including phenoxy) is 2. The van der Waals surface area contributed by atoms with Gasteiger partial charge in [0.1, 0.15) is 5.82 Å². The van der Waals surface area contributed by atoms with E-state index in [4.69, 9.17) is 9.47 Å². The Bertz CT molecular complexity index is 764. The third-order valence-corrected chi connectivity index (χ3v) is 3.46. The molecule has 0 radical (unpaired) electrons. The first-order chi connectivity index (χ1) is 10.6. The number of fused-ring (bicyclic) bond motifs is 1. The van der Waals surface area contributed by atoms with Crippen LogP contribution in [0, 0.1) is 5.82 Å². The lowest BCUT2D eigenvalue weighted by atomic mass is 10.2. The van der Waals surface area contributed by atoms with Crippen LogP contribution in [-0.2, 0) is 0 Å². The summed E-state index contributed by atoms with van der Waals surface area (Å²) < 4.78 is 24.6. The van der Waals surface area contributed by atoms with Gasteiger partial charge in [-0.2, -0.15) is 5.10 Å². The highest BCUT2D eigenvalue weighted by Crippen LogP contribution is 2.32. The Kier molecular flexibility index (Phi) is 4.06. The lowest BCUT2D eigenvalue weighted by molar-refractivity contribution is 0.0954. The van der Waals surface area contributed by atoms with Crippen LogP contribution in [0.25, 0.3) is 0 Å². The first kappa shape index (κ1) is 14.5. The van der Waals surface area contributed by atoms with Crippen molar-refractivity contribution in [3.05, 3.63) is 57.8 Å². The third-order valence-electron chi connectivity index (χ3n) is 2.96. The van der Waals surface area contributed by atoms with Gasteiger partial charge in [-0.1, -0.05) is 15.9 Å². The van der Waals surface area contributed by atoms with Gasteiger partial charge in [0.25, 0.3) is 5.91 Å². The van der Waals surface area contributed by atoms with E-state index in [1.807, 2.05) is 0 Å². The fourth-order valence-corrected chi connectivity index (χ4v) is 2.26. The number of amides is 1. The van der Waals surface area contributed by atoms with E-state index < -0.39 is 11.7 Å². The lowest BCUT2D eigenvalue weighted by Crippen LogP contribution is -2.17. The van der Waals surface area contributed by atoms with Crippen LogP contribution < -0.4 is 14.9 Å². The zero-order valence-corrected chi connectivity index (χ0v) is 12.8. The molecule has 22 heavy (non-hydrogen) atoms. The van der Waals surface area contributed by atoms with Crippen molar-refractivity contribution < 1.29 is 18.7 Å². The summed E-state index contributed by atoms with van der Waals surface area (Å²) in [5, 5.41) is 3.76. The lowest BCUT2D eigenvalue weighted by Gasteiger charge is -2.02. The van der Waals surface area contributed by atoms with Crippen LogP contribution in [0.2, 0.25) is 0 Å². The second-order valence-electron chi connectivity index (χ2n) is 4.43. The van der Waals surface area contributed by atoms with Gasteiger partial charge in [-0.25, -0.2) is 9.82 Å². The molecule has 7 heteroatoms. The summed E-state index contributed by atoms with van der Waals surface area (Å²) in [6, 6.07) is 9.26. The first-order valence-electron chi connectivity index (χ1n) is 6.31. The monoisotopic (exact) mass is 364 g/mol. The van der Waals surface area contributed by atoms with Crippen molar-refractivity contribution in [3.63, 3.8) is 0 Å². The van der Waals surface area contributed by atoms with Crippen LogP contribution in [0.3, 0.4) is 0 Å². The molecule has 0 unspecified atom stereocenters. The van der Waals surface area contributed by atoms with Crippen LogP contribution in [0.1, 0.15) is 15.9 Å².